The van der Waals surface area contributed by atoms with Crippen LogP contribution in [0.5, 0.6) is 0 Å². The molecule has 3 nitrogen and oxygen atoms in total. The minimum atomic E-state index is -1.03. The zero-order chi connectivity index (χ0) is 14.9. The molecule has 0 radical (unpaired) electrons. The van der Waals surface area contributed by atoms with Crippen LogP contribution in [0.2, 0.25) is 0 Å². The Bertz CT molecular complexity index is 568. The van der Waals surface area contributed by atoms with Gasteiger partial charge in [0, 0.05) is 25.6 Å². The summed E-state index contributed by atoms with van der Waals surface area (Å²) >= 11 is 4.04. The Balaban J connectivity index is 2.16. The fourth-order valence-corrected chi connectivity index (χ4v) is 3.09. The molecule has 0 N–H and O–H groups in total. The molecule has 1 amide bonds. The molecule has 0 aliphatic carbocycles. The first-order valence-electron chi connectivity index (χ1n) is 5.97. The predicted octanol–water partition coefficient (Wildman–Crippen LogP) is 3.36. The van der Waals surface area contributed by atoms with Gasteiger partial charge in [-0.25, -0.2) is 8.78 Å². The first-order valence-corrected chi connectivity index (χ1v) is 7.75. The minimum Gasteiger partial charge on any atom is -0.309 e. The van der Waals surface area contributed by atoms with E-state index in [1.165, 1.54) is 24.0 Å². The lowest BCUT2D eigenvalue weighted by atomic mass is 10.1. The van der Waals surface area contributed by atoms with Crippen molar-refractivity contribution in [1.29, 1.82) is 0 Å². The maximum absolute atomic E-state index is 13.9. The standard InChI is InChI=1S/C13H12BrF2NO2S/c1-7(18)20-6-8-4-11(19)17(5-8)10-3-2-9(14)12(15)13(10)16/h2-3,8H,4-6H2,1H3. The molecular weight excluding hydrogens is 352 g/mol. The van der Waals surface area contributed by atoms with Gasteiger partial charge in [-0.05, 0) is 34.0 Å². The maximum atomic E-state index is 13.9. The van der Waals surface area contributed by atoms with Gasteiger partial charge in [-0.1, -0.05) is 11.8 Å². The number of halogens is 3. The lowest BCUT2D eigenvalue weighted by molar-refractivity contribution is -0.117. The van der Waals surface area contributed by atoms with E-state index < -0.39 is 11.6 Å². The van der Waals surface area contributed by atoms with Crippen molar-refractivity contribution in [3.05, 3.63) is 28.2 Å². The van der Waals surface area contributed by atoms with Crippen molar-refractivity contribution in [2.24, 2.45) is 5.92 Å². The maximum Gasteiger partial charge on any atom is 0.227 e. The Kier molecular flexibility index (Phi) is 4.80. The van der Waals surface area contributed by atoms with E-state index in [1.54, 1.807) is 0 Å². The van der Waals surface area contributed by atoms with Crippen molar-refractivity contribution in [3.8, 4) is 0 Å². The van der Waals surface area contributed by atoms with Gasteiger partial charge in [0.25, 0.3) is 0 Å². The van der Waals surface area contributed by atoms with Crippen LogP contribution in [0.15, 0.2) is 16.6 Å². The smallest absolute Gasteiger partial charge is 0.227 e. The SMILES string of the molecule is CC(=O)SCC1CC(=O)N(c2ccc(Br)c(F)c2F)C1. The first-order chi connectivity index (χ1) is 9.40. The van der Waals surface area contributed by atoms with Crippen LogP contribution >= 0.6 is 27.7 Å². The summed E-state index contributed by atoms with van der Waals surface area (Å²) in [5.41, 5.74) is -0.0500. The number of nitrogens with zero attached hydrogens (tertiary/aromatic N) is 1. The molecular formula is C13H12BrF2NO2S. The monoisotopic (exact) mass is 363 g/mol. The van der Waals surface area contributed by atoms with Crippen LogP contribution in [0.1, 0.15) is 13.3 Å². The van der Waals surface area contributed by atoms with E-state index in [1.807, 2.05) is 0 Å². The molecule has 1 unspecified atom stereocenters. The number of carbonyl (C=O) groups is 2. The molecule has 1 aliphatic rings. The molecule has 1 fully saturated rings. The molecule has 1 heterocycles. The van der Waals surface area contributed by atoms with Crippen LogP contribution in [0.4, 0.5) is 14.5 Å². The molecule has 0 bridgehead atoms. The topological polar surface area (TPSA) is 37.4 Å². The number of hydrogen-bond acceptors (Lipinski definition) is 3. The first kappa shape index (κ1) is 15.4. The van der Waals surface area contributed by atoms with Gasteiger partial charge in [-0.3, -0.25) is 9.59 Å². The third-order valence-electron chi connectivity index (χ3n) is 3.03. The van der Waals surface area contributed by atoms with Gasteiger partial charge in [-0.15, -0.1) is 0 Å². The summed E-state index contributed by atoms with van der Waals surface area (Å²) in [5, 5.41) is -0.0169. The fraction of sp³-hybridized carbons (Fsp3) is 0.385. The van der Waals surface area contributed by atoms with Crippen molar-refractivity contribution in [3.63, 3.8) is 0 Å². The Morgan fingerprint density at radius 2 is 2.15 bits per heavy atom. The summed E-state index contributed by atoms with van der Waals surface area (Å²) in [6.45, 7) is 1.76. The second-order valence-corrected chi connectivity index (χ2v) is 6.62. The predicted molar refractivity (Wildman–Crippen MR) is 77.7 cm³/mol. The van der Waals surface area contributed by atoms with E-state index in [-0.39, 0.29) is 33.5 Å². The fourth-order valence-electron chi connectivity index (χ4n) is 2.09. The quantitative estimate of drug-likeness (QED) is 0.772. The molecule has 2 rings (SSSR count). The van der Waals surface area contributed by atoms with Gasteiger partial charge in [0.15, 0.2) is 16.7 Å². The van der Waals surface area contributed by atoms with E-state index in [2.05, 4.69) is 15.9 Å². The number of anilines is 1. The van der Waals surface area contributed by atoms with Crippen molar-refractivity contribution in [2.45, 2.75) is 13.3 Å². The number of benzene rings is 1. The molecule has 1 aromatic rings. The summed E-state index contributed by atoms with van der Waals surface area (Å²) in [4.78, 5) is 24.1. The molecule has 1 aromatic carbocycles. The van der Waals surface area contributed by atoms with Gasteiger partial charge in [0.2, 0.25) is 5.91 Å². The van der Waals surface area contributed by atoms with E-state index in [0.29, 0.717) is 12.3 Å². The number of amides is 1. The summed E-state index contributed by atoms with van der Waals surface area (Å²) in [6, 6.07) is 2.75. The van der Waals surface area contributed by atoms with Crippen molar-refractivity contribution in [2.75, 3.05) is 17.2 Å². The summed E-state index contributed by atoms with van der Waals surface area (Å²) < 4.78 is 27.4. The Labute approximate surface area is 127 Å². The zero-order valence-corrected chi connectivity index (χ0v) is 13.1. The molecule has 1 aliphatic heterocycles. The largest absolute Gasteiger partial charge is 0.309 e. The summed E-state index contributed by atoms with van der Waals surface area (Å²) in [6.07, 6.45) is 0.247. The Hall–Kier alpha value is -0.950. The molecule has 7 heteroatoms. The van der Waals surface area contributed by atoms with Gasteiger partial charge < -0.3 is 4.90 Å². The van der Waals surface area contributed by atoms with Gasteiger partial charge in [0.05, 0.1) is 10.2 Å². The molecule has 0 saturated carbocycles. The molecule has 0 spiro atoms. The number of carbonyl (C=O) groups excluding carboxylic acids is 2. The van der Waals surface area contributed by atoms with E-state index in [9.17, 15) is 18.4 Å². The van der Waals surface area contributed by atoms with E-state index >= 15 is 0 Å². The molecule has 108 valence electrons. The van der Waals surface area contributed by atoms with Crippen LogP contribution < -0.4 is 4.90 Å². The van der Waals surface area contributed by atoms with Gasteiger partial charge in [0.1, 0.15) is 0 Å². The highest BCUT2D eigenvalue weighted by molar-refractivity contribution is 9.10. The van der Waals surface area contributed by atoms with E-state index in [0.717, 1.165) is 11.8 Å². The average molecular weight is 364 g/mol. The average Bonchev–Trinajstić information content (AvgIpc) is 2.75. The highest BCUT2D eigenvalue weighted by Crippen LogP contribution is 2.32. The highest BCUT2D eigenvalue weighted by Gasteiger charge is 2.33. The molecule has 0 aromatic heterocycles. The van der Waals surface area contributed by atoms with E-state index in [4.69, 9.17) is 0 Å². The van der Waals surface area contributed by atoms with Crippen molar-refractivity contribution >= 4 is 44.4 Å². The van der Waals surface area contributed by atoms with Crippen LogP contribution in [0.3, 0.4) is 0 Å². The third kappa shape index (κ3) is 3.20. The molecule has 1 atom stereocenters. The number of hydrogen-bond donors (Lipinski definition) is 0. The lowest BCUT2D eigenvalue weighted by Crippen LogP contribution is -2.26. The number of rotatable bonds is 3. The highest BCUT2D eigenvalue weighted by atomic mass is 79.9. The second-order valence-electron chi connectivity index (χ2n) is 4.57. The van der Waals surface area contributed by atoms with Gasteiger partial charge in [-0.2, -0.15) is 0 Å². The third-order valence-corrected chi connectivity index (χ3v) is 4.69. The summed E-state index contributed by atoms with van der Waals surface area (Å²) in [5.74, 6) is -1.80. The Morgan fingerprint density at radius 3 is 2.80 bits per heavy atom. The van der Waals surface area contributed by atoms with Crippen molar-refractivity contribution in [1.82, 2.24) is 0 Å². The summed E-state index contributed by atoms with van der Waals surface area (Å²) in [7, 11) is 0. The van der Waals surface area contributed by atoms with Crippen LogP contribution in [0, 0.1) is 17.6 Å². The normalized spacial score (nSPS) is 18.7. The van der Waals surface area contributed by atoms with Gasteiger partial charge >= 0.3 is 0 Å². The van der Waals surface area contributed by atoms with Crippen molar-refractivity contribution < 1.29 is 18.4 Å². The molecule has 20 heavy (non-hydrogen) atoms. The minimum absolute atomic E-state index is 0.0169. The lowest BCUT2D eigenvalue weighted by Gasteiger charge is -2.18. The zero-order valence-electron chi connectivity index (χ0n) is 10.7. The molecule has 1 saturated heterocycles. The van der Waals surface area contributed by atoms with Crippen LogP contribution in [0.25, 0.3) is 0 Å². The second kappa shape index (κ2) is 6.22. The Morgan fingerprint density at radius 1 is 1.45 bits per heavy atom. The van der Waals surface area contributed by atoms with Crippen LogP contribution in [-0.2, 0) is 9.59 Å². The van der Waals surface area contributed by atoms with Crippen LogP contribution in [-0.4, -0.2) is 23.3 Å². The number of thioether (sulfide) groups is 1.